The summed E-state index contributed by atoms with van der Waals surface area (Å²) in [5.41, 5.74) is 6.45. The van der Waals surface area contributed by atoms with Crippen LogP contribution in [0.3, 0.4) is 0 Å². The second-order valence-electron chi connectivity index (χ2n) is 5.35. The average Bonchev–Trinajstić information content (AvgIpc) is 3.14. The fraction of sp³-hybridized carbons (Fsp3) is 0.533. The van der Waals surface area contributed by atoms with E-state index in [1.54, 1.807) is 4.90 Å². The molecule has 1 aromatic rings. The van der Waals surface area contributed by atoms with Crippen LogP contribution < -0.4 is 10.5 Å². The molecule has 0 aromatic heterocycles. The van der Waals surface area contributed by atoms with Gasteiger partial charge < -0.3 is 15.4 Å². The summed E-state index contributed by atoms with van der Waals surface area (Å²) in [7, 11) is 1.81. The molecule has 2 rings (SSSR count). The minimum absolute atomic E-state index is 0. The molecule has 2 N–H and O–H groups in total. The van der Waals surface area contributed by atoms with E-state index in [1.807, 2.05) is 38.2 Å². The third-order valence-electron chi connectivity index (χ3n) is 3.55. The van der Waals surface area contributed by atoms with E-state index in [-0.39, 0.29) is 18.3 Å². The maximum absolute atomic E-state index is 11.9. The molecule has 0 unspecified atom stereocenters. The molecule has 1 saturated carbocycles. The molecular weight excluding hydrogens is 276 g/mol. The highest BCUT2D eigenvalue weighted by molar-refractivity contribution is 5.88. The number of rotatable bonds is 6. The number of nitrogens with zero attached hydrogens (tertiary/aromatic N) is 1. The second kappa shape index (κ2) is 6.95. The lowest BCUT2D eigenvalue weighted by Crippen LogP contribution is -2.44. The number of nitrogens with two attached hydrogens (primary N) is 1. The largest absolute Gasteiger partial charge is 0.493 e. The van der Waals surface area contributed by atoms with Crippen molar-refractivity contribution < 1.29 is 9.53 Å². The topological polar surface area (TPSA) is 55.6 Å². The Labute approximate surface area is 126 Å². The number of halogens is 1. The maximum atomic E-state index is 11.9. The van der Waals surface area contributed by atoms with Crippen LogP contribution in [-0.4, -0.2) is 36.5 Å². The molecule has 0 spiro atoms. The van der Waals surface area contributed by atoms with Crippen molar-refractivity contribution in [2.45, 2.75) is 31.7 Å². The molecule has 1 aliphatic rings. The van der Waals surface area contributed by atoms with E-state index in [0.29, 0.717) is 13.2 Å². The molecule has 5 heteroatoms. The van der Waals surface area contributed by atoms with E-state index in [9.17, 15) is 4.79 Å². The Morgan fingerprint density at radius 1 is 1.40 bits per heavy atom. The summed E-state index contributed by atoms with van der Waals surface area (Å²) in [5, 5.41) is 0. The molecule has 1 amide bonds. The van der Waals surface area contributed by atoms with Crippen LogP contribution in [0.15, 0.2) is 24.3 Å². The van der Waals surface area contributed by atoms with Crippen molar-refractivity contribution in [3.63, 3.8) is 0 Å². The number of benzene rings is 1. The Balaban J connectivity index is 0.00000200. The van der Waals surface area contributed by atoms with Crippen LogP contribution in [0.2, 0.25) is 0 Å². The summed E-state index contributed by atoms with van der Waals surface area (Å²) in [6.45, 7) is 3.32. The van der Waals surface area contributed by atoms with Gasteiger partial charge in [-0.25, -0.2) is 0 Å². The standard InChI is InChI=1S/C15H22N2O2.ClH/c1-12-6-3-4-7-13(12)19-11-5-10-17(2)14(18)15(16)8-9-15;/h3-4,6-7H,5,8-11,16H2,1-2H3;1H. The van der Waals surface area contributed by atoms with Gasteiger partial charge in [0, 0.05) is 13.6 Å². The van der Waals surface area contributed by atoms with Crippen molar-refractivity contribution in [3.05, 3.63) is 29.8 Å². The molecule has 0 bridgehead atoms. The Hall–Kier alpha value is -1.26. The SMILES string of the molecule is Cc1ccccc1OCCCN(C)C(=O)C1(N)CC1.Cl. The Morgan fingerprint density at radius 3 is 2.65 bits per heavy atom. The van der Waals surface area contributed by atoms with Gasteiger partial charge in [0.15, 0.2) is 0 Å². The molecule has 0 aliphatic heterocycles. The van der Waals surface area contributed by atoms with Crippen molar-refractivity contribution in [1.82, 2.24) is 4.90 Å². The zero-order valence-corrected chi connectivity index (χ0v) is 12.9. The Bertz CT molecular complexity index is 461. The lowest BCUT2D eigenvalue weighted by molar-refractivity contribution is -0.132. The number of amides is 1. The highest BCUT2D eigenvalue weighted by Crippen LogP contribution is 2.33. The fourth-order valence-corrected chi connectivity index (χ4v) is 2.03. The predicted octanol–water partition coefficient (Wildman–Crippen LogP) is 2.14. The first-order valence-electron chi connectivity index (χ1n) is 6.76. The van der Waals surface area contributed by atoms with Crippen LogP contribution in [-0.2, 0) is 4.79 Å². The molecular formula is C15H23ClN2O2. The van der Waals surface area contributed by atoms with E-state index in [2.05, 4.69) is 0 Å². The van der Waals surface area contributed by atoms with Crippen LogP contribution >= 0.6 is 12.4 Å². The van der Waals surface area contributed by atoms with Crippen molar-refractivity contribution >= 4 is 18.3 Å². The van der Waals surface area contributed by atoms with Gasteiger partial charge in [0.05, 0.1) is 12.1 Å². The summed E-state index contributed by atoms with van der Waals surface area (Å²) in [5.74, 6) is 0.970. The third kappa shape index (κ3) is 4.12. The van der Waals surface area contributed by atoms with E-state index >= 15 is 0 Å². The number of likely N-dealkylation sites (N-methyl/N-ethyl adjacent to an activating group) is 1. The number of carbonyl (C=O) groups excluding carboxylic acids is 1. The zero-order valence-electron chi connectivity index (χ0n) is 12.1. The normalized spacial score (nSPS) is 15.2. The van der Waals surface area contributed by atoms with Gasteiger partial charge in [0.25, 0.3) is 0 Å². The van der Waals surface area contributed by atoms with E-state index in [1.165, 1.54) is 0 Å². The molecule has 1 fully saturated rings. The van der Waals surface area contributed by atoms with Crippen LogP contribution in [0, 0.1) is 6.92 Å². The summed E-state index contributed by atoms with van der Waals surface area (Å²) in [6.07, 6.45) is 2.44. The number of hydrogen-bond acceptors (Lipinski definition) is 3. The minimum atomic E-state index is -0.564. The van der Waals surface area contributed by atoms with Gasteiger partial charge >= 0.3 is 0 Å². The molecule has 4 nitrogen and oxygen atoms in total. The molecule has 0 atom stereocenters. The van der Waals surface area contributed by atoms with Crippen LogP contribution in [0.5, 0.6) is 5.75 Å². The van der Waals surface area contributed by atoms with E-state index < -0.39 is 5.54 Å². The van der Waals surface area contributed by atoms with Crippen molar-refractivity contribution in [2.75, 3.05) is 20.2 Å². The molecule has 112 valence electrons. The van der Waals surface area contributed by atoms with Crippen LogP contribution in [0.25, 0.3) is 0 Å². The smallest absolute Gasteiger partial charge is 0.242 e. The first-order valence-corrected chi connectivity index (χ1v) is 6.76. The molecule has 20 heavy (non-hydrogen) atoms. The lowest BCUT2D eigenvalue weighted by atomic mass is 10.2. The van der Waals surface area contributed by atoms with Crippen LogP contribution in [0.1, 0.15) is 24.8 Å². The molecule has 0 radical (unpaired) electrons. The van der Waals surface area contributed by atoms with Gasteiger partial charge in [-0.1, -0.05) is 18.2 Å². The monoisotopic (exact) mass is 298 g/mol. The van der Waals surface area contributed by atoms with Crippen LogP contribution in [0.4, 0.5) is 0 Å². The predicted molar refractivity (Wildman–Crippen MR) is 82.3 cm³/mol. The van der Waals surface area contributed by atoms with Gasteiger partial charge in [-0.05, 0) is 37.8 Å². The third-order valence-corrected chi connectivity index (χ3v) is 3.55. The molecule has 1 aromatic carbocycles. The van der Waals surface area contributed by atoms with Crippen molar-refractivity contribution in [3.8, 4) is 5.75 Å². The van der Waals surface area contributed by atoms with Gasteiger partial charge in [0.2, 0.25) is 5.91 Å². The van der Waals surface area contributed by atoms with Gasteiger partial charge in [-0.3, -0.25) is 4.79 Å². The fourth-order valence-electron chi connectivity index (χ4n) is 2.03. The number of ether oxygens (including phenoxy) is 1. The Morgan fingerprint density at radius 2 is 2.05 bits per heavy atom. The minimum Gasteiger partial charge on any atom is -0.493 e. The number of para-hydroxylation sites is 1. The summed E-state index contributed by atoms with van der Waals surface area (Å²) in [6, 6.07) is 7.94. The number of carbonyl (C=O) groups is 1. The number of hydrogen-bond donors (Lipinski definition) is 1. The summed E-state index contributed by atoms with van der Waals surface area (Å²) < 4.78 is 5.70. The van der Waals surface area contributed by atoms with Gasteiger partial charge in [0.1, 0.15) is 5.75 Å². The summed E-state index contributed by atoms with van der Waals surface area (Å²) in [4.78, 5) is 13.6. The Kier molecular flexibility index (Phi) is 5.84. The lowest BCUT2D eigenvalue weighted by Gasteiger charge is -2.21. The first-order chi connectivity index (χ1) is 9.03. The molecule has 0 heterocycles. The molecule has 1 aliphatic carbocycles. The second-order valence-corrected chi connectivity index (χ2v) is 5.35. The van der Waals surface area contributed by atoms with Gasteiger partial charge in [-0.15, -0.1) is 12.4 Å². The quantitative estimate of drug-likeness (QED) is 0.819. The zero-order chi connectivity index (χ0) is 13.9. The van der Waals surface area contributed by atoms with E-state index in [0.717, 1.165) is 30.6 Å². The van der Waals surface area contributed by atoms with Crippen molar-refractivity contribution in [2.24, 2.45) is 5.73 Å². The van der Waals surface area contributed by atoms with E-state index in [4.69, 9.17) is 10.5 Å². The average molecular weight is 299 g/mol. The van der Waals surface area contributed by atoms with Gasteiger partial charge in [-0.2, -0.15) is 0 Å². The number of aryl methyl sites for hydroxylation is 1. The highest BCUT2D eigenvalue weighted by Gasteiger charge is 2.47. The molecule has 0 saturated heterocycles. The first kappa shape index (κ1) is 16.8. The summed E-state index contributed by atoms with van der Waals surface area (Å²) >= 11 is 0. The maximum Gasteiger partial charge on any atom is 0.242 e. The van der Waals surface area contributed by atoms with Crippen molar-refractivity contribution in [1.29, 1.82) is 0 Å². The highest BCUT2D eigenvalue weighted by atomic mass is 35.5.